The molecule has 0 aliphatic rings. The fourth-order valence-electron chi connectivity index (χ4n) is 2.81. The van der Waals surface area contributed by atoms with E-state index in [0.717, 1.165) is 11.3 Å². The Morgan fingerprint density at radius 3 is 2.48 bits per heavy atom. The molecule has 0 unspecified atom stereocenters. The quantitative estimate of drug-likeness (QED) is 0.628. The molecule has 148 valence electrons. The van der Waals surface area contributed by atoms with E-state index >= 15 is 0 Å². The van der Waals surface area contributed by atoms with Gasteiger partial charge in [-0.05, 0) is 61.0 Å². The van der Waals surface area contributed by atoms with Gasteiger partial charge in [-0.25, -0.2) is 0 Å². The van der Waals surface area contributed by atoms with Crippen molar-refractivity contribution < 1.29 is 14.3 Å². The average Bonchev–Trinajstić information content (AvgIpc) is 2.73. The molecule has 0 radical (unpaired) electrons. The number of nitrogens with one attached hydrogen (secondary N) is 1. The Kier molecular flexibility index (Phi) is 6.52. The van der Waals surface area contributed by atoms with Gasteiger partial charge in [0.05, 0.1) is 0 Å². The number of amides is 2. The molecular weight excluding hydrogens is 388 g/mol. The van der Waals surface area contributed by atoms with Crippen LogP contribution in [0.5, 0.6) is 5.75 Å². The van der Waals surface area contributed by atoms with Gasteiger partial charge in [-0.1, -0.05) is 35.9 Å². The van der Waals surface area contributed by atoms with Crippen LogP contribution >= 0.6 is 11.6 Å². The Balaban J connectivity index is 1.63. The predicted octanol–water partition coefficient (Wildman–Crippen LogP) is 4.94. The van der Waals surface area contributed by atoms with Gasteiger partial charge in [-0.15, -0.1) is 0 Å². The number of carbonyl (C=O) groups excluding carboxylic acids is 2. The minimum Gasteiger partial charge on any atom is -0.483 e. The largest absolute Gasteiger partial charge is 0.483 e. The molecular formula is C23H21ClN2O3. The number of hydrogen-bond donors (Lipinski definition) is 1. The van der Waals surface area contributed by atoms with Crippen LogP contribution < -0.4 is 15.0 Å². The van der Waals surface area contributed by atoms with Crippen LogP contribution in [0.1, 0.15) is 15.9 Å². The molecule has 0 fully saturated rings. The summed E-state index contributed by atoms with van der Waals surface area (Å²) < 4.78 is 5.55. The van der Waals surface area contributed by atoms with Crippen molar-refractivity contribution in [3.05, 3.63) is 88.9 Å². The molecule has 0 aliphatic carbocycles. The lowest BCUT2D eigenvalue weighted by atomic mass is 10.1. The van der Waals surface area contributed by atoms with Gasteiger partial charge < -0.3 is 15.0 Å². The third kappa shape index (κ3) is 5.36. The maximum Gasteiger partial charge on any atom is 0.262 e. The molecule has 0 bridgehead atoms. The second-order valence-corrected chi connectivity index (χ2v) is 6.96. The van der Waals surface area contributed by atoms with Crippen LogP contribution in [0.25, 0.3) is 0 Å². The van der Waals surface area contributed by atoms with Gasteiger partial charge in [0.25, 0.3) is 11.8 Å². The second kappa shape index (κ2) is 9.26. The minimum absolute atomic E-state index is 0.148. The summed E-state index contributed by atoms with van der Waals surface area (Å²) in [4.78, 5) is 26.5. The van der Waals surface area contributed by atoms with Crippen molar-refractivity contribution in [1.29, 1.82) is 0 Å². The molecule has 0 atom stereocenters. The SMILES string of the molecule is Cc1cc(Cl)ccc1OCC(=O)Nc1cccc(C(=O)N(C)c2ccccc2)c1. The zero-order valence-corrected chi connectivity index (χ0v) is 16.9. The highest BCUT2D eigenvalue weighted by molar-refractivity contribution is 6.30. The fraction of sp³-hybridized carbons (Fsp3) is 0.130. The Morgan fingerprint density at radius 2 is 1.76 bits per heavy atom. The van der Waals surface area contributed by atoms with Crippen molar-refractivity contribution in [2.75, 3.05) is 23.9 Å². The van der Waals surface area contributed by atoms with Gasteiger partial charge >= 0.3 is 0 Å². The molecule has 1 N–H and O–H groups in total. The molecule has 3 aromatic carbocycles. The number of benzene rings is 3. The van der Waals surface area contributed by atoms with Crippen molar-refractivity contribution in [1.82, 2.24) is 0 Å². The number of ether oxygens (including phenoxy) is 1. The number of aryl methyl sites for hydroxylation is 1. The van der Waals surface area contributed by atoms with E-state index in [2.05, 4.69) is 5.32 Å². The minimum atomic E-state index is -0.319. The lowest BCUT2D eigenvalue weighted by Gasteiger charge is -2.17. The number of anilines is 2. The highest BCUT2D eigenvalue weighted by Gasteiger charge is 2.14. The van der Waals surface area contributed by atoms with Crippen LogP contribution in [0, 0.1) is 6.92 Å². The Labute approximate surface area is 174 Å². The van der Waals surface area contributed by atoms with E-state index in [4.69, 9.17) is 16.3 Å². The molecule has 5 nitrogen and oxygen atoms in total. The molecule has 0 aliphatic heterocycles. The first-order valence-corrected chi connectivity index (χ1v) is 9.44. The van der Waals surface area contributed by atoms with Crippen LogP contribution in [-0.4, -0.2) is 25.5 Å². The number of nitrogens with zero attached hydrogens (tertiary/aromatic N) is 1. The van der Waals surface area contributed by atoms with Crippen molar-refractivity contribution in [3.63, 3.8) is 0 Å². The average molecular weight is 409 g/mol. The van der Waals surface area contributed by atoms with Crippen molar-refractivity contribution in [2.24, 2.45) is 0 Å². The van der Waals surface area contributed by atoms with E-state index in [1.807, 2.05) is 37.3 Å². The molecule has 0 spiro atoms. The number of halogens is 1. The van der Waals surface area contributed by atoms with Crippen LogP contribution in [-0.2, 0) is 4.79 Å². The lowest BCUT2D eigenvalue weighted by molar-refractivity contribution is -0.118. The predicted molar refractivity (Wildman–Crippen MR) is 116 cm³/mol. The van der Waals surface area contributed by atoms with Crippen LogP contribution in [0.3, 0.4) is 0 Å². The molecule has 0 aromatic heterocycles. The third-order valence-electron chi connectivity index (χ3n) is 4.34. The summed E-state index contributed by atoms with van der Waals surface area (Å²) in [6, 6.07) is 21.4. The summed E-state index contributed by atoms with van der Waals surface area (Å²) in [5.74, 6) is 0.110. The zero-order valence-electron chi connectivity index (χ0n) is 16.2. The normalized spacial score (nSPS) is 10.3. The maximum absolute atomic E-state index is 12.7. The molecule has 0 saturated carbocycles. The van der Waals surface area contributed by atoms with E-state index in [-0.39, 0.29) is 18.4 Å². The van der Waals surface area contributed by atoms with Crippen LogP contribution in [0.15, 0.2) is 72.8 Å². The van der Waals surface area contributed by atoms with Crippen molar-refractivity contribution in [3.8, 4) is 5.75 Å². The number of rotatable bonds is 6. The summed E-state index contributed by atoms with van der Waals surface area (Å²) in [6.45, 7) is 1.71. The van der Waals surface area contributed by atoms with E-state index in [0.29, 0.717) is 22.0 Å². The first-order valence-electron chi connectivity index (χ1n) is 9.06. The summed E-state index contributed by atoms with van der Waals surface area (Å²) in [7, 11) is 1.71. The fourth-order valence-corrected chi connectivity index (χ4v) is 3.03. The summed E-state index contributed by atoms with van der Waals surface area (Å²) in [5.41, 5.74) is 2.64. The topological polar surface area (TPSA) is 58.6 Å². The molecule has 0 heterocycles. The molecule has 2 amide bonds. The van der Waals surface area contributed by atoms with Crippen LogP contribution in [0.4, 0.5) is 11.4 Å². The molecule has 3 rings (SSSR count). The number of hydrogen-bond acceptors (Lipinski definition) is 3. The Morgan fingerprint density at radius 1 is 1.00 bits per heavy atom. The van der Waals surface area contributed by atoms with E-state index in [1.54, 1.807) is 54.4 Å². The third-order valence-corrected chi connectivity index (χ3v) is 4.57. The zero-order chi connectivity index (χ0) is 20.8. The van der Waals surface area contributed by atoms with Crippen molar-refractivity contribution >= 4 is 34.8 Å². The number of para-hydroxylation sites is 1. The first-order chi connectivity index (χ1) is 13.9. The van der Waals surface area contributed by atoms with Gasteiger partial charge in [0.15, 0.2) is 6.61 Å². The van der Waals surface area contributed by atoms with Gasteiger partial charge in [0, 0.05) is 29.0 Å². The first kappa shape index (κ1) is 20.4. The highest BCUT2D eigenvalue weighted by Crippen LogP contribution is 2.22. The Bertz CT molecular complexity index is 1020. The van der Waals surface area contributed by atoms with E-state index in [1.165, 1.54) is 0 Å². The summed E-state index contributed by atoms with van der Waals surface area (Å²) >= 11 is 5.92. The van der Waals surface area contributed by atoms with Gasteiger partial charge in [0.1, 0.15) is 5.75 Å². The molecule has 29 heavy (non-hydrogen) atoms. The smallest absolute Gasteiger partial charge is 0.262 e. The summed E-state index contributed by atoms with van der Waals surface area (Å²) in [6.07, 6.45) is 0. The van der Waals surface area contributed by atoms with Gasteiger partial charge in [-0.2, -0.15) is 0 Å². The molecule has 3 aromatic rings. The lowest BCUT2D eigenvalue weighted by Crippen LogP contribution is -2.26. The van der Waals surface area contributed by atoms with E-state index in [9.17, 15) is 9.59 Å². The maximum atomic E-state index is 12.7. The summed E-state index contributed by atoms with van der Waals surface area (Å²) in [5, 5.41) is 3.37. The Hall–Kier alpha value is -3.31. The van der Waals surface area contributed by atoms with Crippen LogP contribution in [0.2, 0.25) is 5.02 Å². The number of carbonyl (C=O) groups is 2. The highest BCUT2D eigenvalue weighted by atomic mass is 35.5. The van der Waals surface area contributed by atoms with E-state index < -0.39 is 0 Å². The second-order valence-electron chi connectivity index (χ2n) is 6.53. The monoisotopic (exact) mass is 408 g/mol. The van der Waals surface area contributed by atoms with Gasteiger partial charge in [-0.3, -0.25) is 9.59 Å². The molecule has 0 saturated heterocycles. The van der Waals surface area contributed by atoms with Crippen molar-refractivity contribution in [2.45, 2.75) is 6.92 Å². The standard InChI is InChI=1S/C23H21ClN2O3/c1-16-13-18(24)11-12-21(16)29-15-22(27)25-19-8-6-7-17(14-19)23(28)26(2)20-9-4-3-5-10-20/h3-14H,15H2,1-2H3,(H,25,27). The van der Waals surface area contributed by atoms with Gasteiger partial charge in [0.2, 0.25) is 0 Å². The molecule has 6 heteroatoms.